The summed E-state index contributed by atoms with van der Waals surface area (Å²) in [4.78, 5) is 28.5. The number of amides is 2. The normalized spacial score (nSPS) is 12.0. The third-order valence-corrected chi connectivity index (χ3v) is 8.61. The molecule has 40 heavy (non-hydrogen) atoms. The average Bonchev–Trinajstić information content (AvgIpc) is 2.94. The van der Waals surface area contributed by atoms with Crippen LogP contribution in [0.2, 0.25) is 10.0 Å². The summed E-state index contributed by atoms with van der Waals surface area (Å²) in [7, 11) is -4.27. The van der Waals surface area contributed by atoms with Crippen LogP contribution in [0.4, 0.5) is 10.1 Å². The third-order valence-electron chi connectivity index (χ3n) is 6.28. The van der Waals surface area contributed by atoms with E-state index in [-0.39, 0.29) is 28.1 Å². The van der Waals surface area contributed by atoms with Crippen molar-refractivity contribution in [3.05, 3.63) is 94.2 Å². The summed E-state index contributed by atoms with van der Waals surface area (Å²) in [5.74, 6) is -1.68. The summed E-state index contributed by atoms with van der Waals surface area (Å²) in [5.41, 5.74) is 0.718. The Morgan fingerprint density at radius 2 is 1.65 bits per heavy atom. The van der Waals surface area contributed by atoms with Gasteiger partial charge in [0.25, 0.3) is 10.0 Å². The first kappa shape index (κ1) is 31.4. The molecule has 3 aromatic rings. The molecule has 0 unspecified atom stereocenters. The van der Waals surface area contributed by atoms with E-state index in [1.54, 1.807) is 49.4 Å². The van der Waals surface area contributed by atoms with Crippen molar-refractivity contribution in [2.45, 2.75) is 50.6 Å². The first-order valence-corrected chi connectivity index (χ1v) is 15.1. The second-order valence-electron chi connectivity index (χ2n) is 9.14. The molecule has 3 rings (SSSR count). The topological polar surface area (TPSA) is 86.8 Å². The zero-order valence-electron chi connectivity index (χ0n) is 22.3. The van der Waals surface area contributed by atoms with Gasteiger partial charge >= 0.3 is 0 Å². The molecule has 0 aliphatic rings. The molecular formula is C29H32Cl2FN3O4S. The summed E-state index contributed by atoms with van der Waals surface area (Å²) in [6.07, 6.45) is 1.96. The Labute approximate surface area is 244 Å². The van der Waals surface area contributed by atoms with Gasteiger partial charge in [0.1, 0.15) is 18.4 Å². The lowest BCUT2D eigenvalue weighted by molar-refractivity contribution is -0.140. The van der Waals surface area contributed by atoms with Gasteiger partial charge in [-0.2, -0.15) is 0 Å². The van der Waals surface area contributed by atoms with E-state index in [2.05, 4.69) is 5.32 Å². The molecular weight excluding hydrogens is 576 g/mol. The number of rotatable bonds is 13. The van der Waals surface area contributed by atoms with E-state index in [1.165, 1.54) is 23.1 Å². The van der Waals surface area contributed by atoms with Crippen LogP contribution < -0.4 is 9.62 Å². The molecule has 1 N–H and O–H groups in total. The summed E-state index contributed by atoms with van der Waals surface area (Å²) in [6.45, 7) is 3.63. The Balaban J connectivity index is 2.04. The van der Waals surface area contributed by atoms with E-state index < -0.39 is 34.3 Å². The predicted octanol–water partition coefficient (Wildman–Crippen LogP) is 6.05. The summed E-state index contributed by atoms with van der Waals surface area (Å²) in [6, 6.07) is 17.0. The number of nitrogens with zero attached hydrogens (tertiary/aromatic N) is 2. The van der Waals surface area contributed by atoms with Gasteiger partial charge < -0.3 is 10.2 Å². The largest absolute Gasteiger partial charge is 0.354 e. The maximum Gasteiger partial charge on any atom is 0.264 e. The number of carbonyl (C=O) groups is 2. The Bertz CT molecular complexity index is 1410. The Morgan fingerprint density at radius 1 is 0.975 bits per heavy atom. The Hall–Kier alpha value is -3.14. The number of hydrogen-bond acceptors (Lipinski definition) is 4. The fraction of sp³-hybridized carbons (Fsp3) is 0.310. The van der Waals surface area contributed by atoms with Crippen LogP contribution in [0, 0.1) is 5.82 Å². The van der Waals surface area contributed by atoms with Crippen LogP contribution in [0.1, 0.15) is 38.7 Å². The molecule has 3 aromatic carbocycles. The van der Waals surface area contributed by atoms with Crippen molar-refractivity contribution < 1.29 is 22.4 Å². The van der Waals surface area contributed by atoms with Crippen LogP contribution in [0.15, 0.2) is 77.7 Å². The SMILES string of the molecule is CCCCNC(=O)[C@H](CC)N(Cc1ccc(Cl)cc1)C(=O)CN(c1ccc(F)c(Cl)c1)S(=O)(=O)c1ccccc1. The molecule has 0 fully saturated rings. The zero-order valence-corrected chi connectivity index (χ0v) is 24.6. The number of sulfonamides is 1. The molecule has 1 atom stereocenters. The number of anilines is 1. The number of hydrogen-bond donors (Lipinski definition) is 1. The van der Waals surface area contributed by atoms with Crippen LogP contribution in [0.5, 0.6) is 0 Å². The molecule has 0 spiro atoms. The molecule has 0 radical (unpaired) electrons. The van der Waals surface area contributed by atoms with E-state index in [0.29, 0.717) is 23.6 Å². The lowest BCUT2D eigenvalue weighted by Crippen LogP contribution is -2.52. The van der Waals surface area contributed by atoms with Gasteiger partial charge in [-0.25, -0.2) is 12.8 Å². The quantitative estimate of drug-likeness (QED) is 0.240. The highest BCUT2D eigenvalue weighted by molar-refractivity contribution is 7.92. The standard InChI is InChI=1S/C29H32Cl2FN3O4S/c1-3-5-17-33-29(37)27(4-2)34(19-21-11-13-22(30)14-12-21)28(36)20-35(23-15-16-26(32)25(31)18-23)40(38,39)24-9-7-6-8-10-24/h6-16,18,27H,3-5,17,19-20H2,1-2H3,(H,33,37)/t27-/m0/s1. The fourth-order valence-corrected chi connectivity index (χ4v) is 5.83. The maximum atomic E-state index is 14.0. The van der Waals surface area contributed by atoms with Crippen molar-refractivity contribution in [2.24, 2.45) is 0 Å². The van der Waals surface area contributed by atoms with Crippen LogP contribution in [-0.2, 0) is 26.2 Å². The van der Waals surface area contributed by atoms with Gasteiger partial charge in [-0.3, -0.25) is 13.9 Å². The van der Waals surface area contributed by atoms with E-state index >= 15 is 0 Å². The lowest BCUT2D eigenvalue weighted by atomic mass is 10.1. The highest BCUT2D eigenvalue weighted by atomic mass is 35.5. The van der Waals surface area contributed by atoms with Crippen molar-refractivity contribution in [2.75, 3.05) is 17.4 Å². The number of nitrogens with one attached hydrogen (secondary N) is 1. The molecule has 0 saturated carbocycles. The highest BCUT2D eigenvalue weighted by Gasteiger charge is 2.33. The number of unbranched alkanes of at least 4 members (excludes halogenated alkanes) is 1. The van der Waals surface area contributed by atoms with Crippen molar-refractivity contribution in [3.8, 4) is 0 Å². The van der Waals surface area contributed by atoms with Crippen LogP contribution in [0.3, 0.4) is 0 Å². The van der Waals surface area contributed by atoms with Gasteiger partial charge in [-0.1, -0.05) is 73.8 Å². The Kier molecular flexibility index (Phi) is 11.4. The van der Waals surface area contributed by atoms with Crippen LogP contribution >= 0.6 is 23.2 Å². The van der Waals surface area contributed by atoms with Gasteiger partial charge in [0.05, 0.1) is 15.6 Å². The minimum absolute atomic E-state index is 0.00971. The predicted molar refractivity (Wildman–Crippen MR) is 156 cm³/mol. The molecule has 0 aromatic heterocycles. The molecule has 7 nitrogen and oxygen atoms in total. The van der Waals surface area contributed by atoms with E-state index in [1.807, 2.05) is 6.92 Å². The number of halogens is 3. The average molecular weight is 609 g/mol. The van der Waals surface area contributed by atoms with E-state index in [4.69, 9.17) is 23.2 Å². The smallest absolute Gasteiger partial charge is 0.264 e. The minimum atomic E-state index is -4.27. The first-order chi connectivity index (χ1) is 19.1. The first-order valence-electron chi connectivity index (χ1n) is 12.9. The van der Waals surface area contributed by atoms with Gasteiger partial charge in [0, 0.05) is 18.1 Å². The fourth-order valence-electron chi connectivity index (χ4n) is 4.10. The number of carbonyl (C=O) groups excluding carboxylic acids is 2. The molecule has 0 bridgehead atoms. The molecule has 0 heterocycles. The summed E-state index contributed by atoms with van der Waals surface area (Å²) >= 11 is 12.0. The second-order valence-corrected chi connectivity index (χ2v) is 11.8. The second kappa shape index (κ2) is 14.5. The lowest BCUT2D eigenvalue weighted by Gasteiger charge is -2.33. The monoisotopic (exact) mass is 607 g/mol. The molecule has 0 aliphatic carbocycles. The summed E-state index contributed by atoms with van der Waals surface area (Å²) < 4.78 is 42.4. The van der Waals surface area contributed by atoms with Gasteiger partial charge in [-0.15, -0.1) is 0 Å². The third kappa shape index (κ3) is 7.96. The van der Waals surface area contributed by atoms with Crippen molar-refractivity contribution >= 4 is 50.7 Å². The van der Waals surface area contributed by atoms with Crippen molar-refractivity contribution in [3.63, 3.8) is 0 Å². The number of benzene rings is 3. The van der Waals surface area contributed by atoms with E-state index in [0.717, 1.165) is 29.3 Å². The molecule has 214 valence electrons. The minimum Gasteiger partial charge on any atom is -0.354 e. The maximum absolute atomic E-state index is 14.0. The van der Waals surface area contributed by atoms with Crippen LogP contribution in [0.25, 0.3) is 0 Å². The van der Waals surface area contributed by atoms with Gasteiger partial charge in [0.2, 0.25) is 11.8 Å². The Morgan fingerprint density at radius 3 is 2.25 bits per heavy atom. The molecule has 2 amide bonds. The van der Waals surface area contributed by atoms with Crippen molar-refractivity contribution in [1.82, 2.24) is 10.2 Å². The highest BCUT2D eigenvalue weighted by Crippen LogP contribution is 2.28. The zero-order chi connectivity index (χ0) is 29.3. The van der Waals surface area contributed by atoms with Crippen molar-refractivity contribution in [1.29, 1.82) is 0 Å². The molecule has 0 aliphatic heterocycles. The van der Waals surface area contributed by atoms with Gasteiger partial charge in [0.15, 0.2) is 0 Å². The van der Waals surface area contributed by atoms with Crippen LogP contribution in [-0.4, -0.2) is 44.3 Å². The molecule has 11 heteroatoms. The summed E-state index contributed by atoms with van der Waals surface area (Å²) in [5, 5.41) is 3.09. The van der Waals surface area contributed by atoms with E-state index in [9.17, 15) is 22.4 Å². The molecule has 0 saturated heterocycles. The van der Waals surface area contributed by atoms with Gasteiger partial charge in [-0.05, 0) is 60.9 Å².